The first-order valence-corrected chi connectivity index (χ1v) is 10.7. The van der Waals surface area contributed by atoms with Crippen molar-refractivity contribution in [3.63, 3.8) is 0 Å². The standard InChI is InChI=1S/C24H24N6O2/c1-17-21(8-5-12-25-17)28-22-20-11-15-30(23(20)27-16-26-22)18-9-13-29(14-10-18)24(31)32-19-6-3-2-4-7-19/h2-8,11-12,15-16,18H,9-10,13-14H2,1H3,(H,26,27,28). The number of likely N-dealkylation sites (tertiary alicyclic amines) is 1. The van der Waals surface area contributed by atoms with Crippen molar-refractivity contribution >= 4 is 28.6 Å². The summed E-state index contributed by atoms with van der Waals surface area (Å²) in [7, 11) is 0. The first kappa shape index (κ1) is 20.0. The van der Waals surface area contributed by atoms with Crippen LogP contribution in [0.1, 0.15) is 24.6 Å². The number of pyridine rings is 1. The maximum Gasteiger partial charge on any atom is 0.415 e. The highest BCUT2D eigenvalue weighted by Crippen LogP contribution is 2.30. The van der Waals surface area contributed by atoms with E-state index < -0.39 is 0 Å². The minimum Gasteiger partial charge on any atom is -0.410 e. The zero-order chi connectivity index (χ0) is 21.9. The molecule has 5 rings (SSSR count). The molecule has 1 aromatic carbocycles. The molecule has 8 heteroatoms. The van der Waals surface area contributed by atoms with E-state index in [0.717, 1.165) is 41.1 Å². The highest BCUT2D eigenvalue weighted by molar-refractivity contribution is 5.89. The van der Waals surface area contributed by atoms with Crippen LogP contribution in [0.5, 0.6) is 5.75 Å². The summed E-state index contributed by atoms with van der Waals surface area (Å²) in [6.07, 6.45) is 6.79. The smallest absolute Gasteiger partial charge is 0.410 e. The normalized spacial score (nSPS) is 14.5. The molecular formula is C24H24N6O2. The molecule has 0 atom stereocenters. The van der Waals surface area contributed by atoms with Gasteiger partial charge in [0.25, 0.3) is 0 Å². The van der Waals surface area contributed by atoms with E-state index in [9.17, 15) is 4.79 Å². The number of piperidine rings is 1. The average Bonchev–Trinajstić information content (AvgIpc) is 3.26. The predicted molar refractivity (Wildman–Crippen MR) is 122 cm³/mol. The average molecular weight is 428 g/mol. The quantitative estimate of drug-likeness (QED) is 0.507. The lowest BCUT2D eigenvalue weighted by molar-refractivity contribution is 0.132. The Kier molecular flexibility index (Phi) is 5.41. The van der Waals surface area contributed by atoms with Gasteiger partial charge in [0.2, 0.25) is 0 Å². The molecule has 0 radical (unpaired) electrons. The molecule has 4 heterocycles. The summed E-state index contributed by atoms with van der Waals surface area (Å²) >= 11 is 0. The van der Waals surface area contributed by atoms with E-state index in [0.29, 0.717) is 18.8 Å². The van der Waals surface area contributed by atoms with Gasteiger partial charge < -0.3 is 19.5 Å². The molecule has 32 heavy (non-hydrogen) atoms. The van der Waals surface area contributed by atoms with Crippen LogP contribution in [0.3, 0.4) is 0 Å². The Balaban J connectivity index is 1.29. The van der Waals surface area contributed by atoms with Crippen molar-refractivity contribution in [1.82, 2.24) is 24.4 Å². The third-order valence-corrected chi connectivity index (χ3v) is 5.83. The number of amides is 1. The maximum absolute atomic E-state index is 12.5. The van der Waals surface area contributed by atoms with Crippen molar-refractivity contribution in [3.8, 4) is 5.75 Å². The second-order valence-corrected chi connectivity index (χ2v) is 7.84. The van der Waals surface area contributed by atoms with Crippen LogP contribution >= 0.6 is 0 Å². The van der Waals surface area contributed by atoms with Gasteiger partial charge in [0.05, 0.1) is 16.8 Å². The molecule has 8 nitrogen and oxygen atoms in total. The fourth-order valence-corrected chi connectivity index (χ4v) is 4.09. The van der Waals surface area contributed by atoms with Crippen molar-refractivity contribution in [2.45, 2.75) is 25.8 Å². The van der Waals surface area contributed by atoms with Crippen LogP contribution in [-0.4, -0.2) is 43.6 Å². The largest absolute Gasteiger partial charge is 0.415 e. The van der Waals surface area contributed by atoms with E-state index in [2.05, 4.69) is 31.0 Å². The van der Waals surface area contributed by atoms with E-state index in [-0.39, 0.29) is 12.1 Å². The van der Waals surface area contributed by atoms with Gasteiger partial charge >= 0.3 is 6.09 Å². The van der Waals surface area contributed by atoms with E-state index in [1.54, 1.807) is 29.6 Å². The molecule has 1 fully saturated rings. The highest BCUT2D eigenvalue weighted by Gasteiger charge is 2.26. The highest BCUT2D eigenvalue weighted by atomic mass is 16.6. The zero-order valence-electron chi connectivity index (χ0n) is 17.8. The molecule has 4 aromatic rings. The molecule has 1 saturated heterocycles. The number of benzene rings is 1. The van der Waals surface area contributed by atoms with Crippen molar-refractivity contribution in [2.24, 2.45) is 0 Å². The summed E-state index contributed by atoms with van der Waals surface area (Å²) in [5, 5.41) is 4.34. The van der Waals surface area contributed by atoms with Gasteiger partial charge in [-0.3, -0.25) is 4.98 Å². The molecule has 0 unspecified atom stereocenters. The van der Waals surface area contributed by atoms with Gasteiger partial charge in [0.15, 0.2) is 0 Å². The fraction of sp³-hybridized carbons (Fsp3) is 0.250. The topological polar surface area (TPSA) is 85.2 Å². The summed E-state index contributed by atoms with van der Waals surface area (Å²) in [5.41, 5.74) is 2.72. The molecule has 1 aliphatic heterocycles. The third-order valence-electron chi connectivity index (χ3n) is 5.83. The monoisotopic (exact) mass is 428 g/mol. The molecule has 1 N–H and O–H groups in total. The Labute approximate surface area is 185 Å². The number of anilines is 2. The van der Waals surface area contributed by atoms with Gasteiger partial charge in [-0.1, -0.05) is 18.2 Å². The fourth-order valence-electron chi connectivity index (χ4n) is 4.09. The van der Waals surface area contributed by atoms with Gasteiger partial charge in [-0.15, -0.1) is 0 Å². The molecule has 0 saturated carbocycles. The number of aromatic nitrogens is 4. The minimum absolute atomic E-state index is 0.260. The lowest BCUT2D eigenvalue weighted by atomic mass is 10.1. The van der Waals surface area contributed by atoms with Crippen LogP contribution in [0.4, 0.5) is 16.3 Å². The van der Waals surface area contributed by atoms with Crippen molar-refractivity contribution in [1.29, 1.82) is 0 Å². The number of nitrogens with zero attached hydrogens (tertiary/aromatic N) is 5. The second-order valence-electron chi connectivity index (χ2n) is 7.84. The number of ether oxygens (including phenoxy) is 1. The number of carbonyl (C=O) groups is 1. The van der Waals surface area contributed by atoms with Crippen molar-refractivity contribution in [3.05, 3.63) is 72.9 Å². The van der Waals surface area contributed by atoms with Crippen LogP contribution in [-0.2, 0) is 0 Å². The Bertz CT molecular complexity index is 1230. The molecule has 0 bridgehead atoms. The number of rotatable bonds is 4. The van der Waals surface area contributed by atoms with E-state index in [1.165, 1.54) is 0 Å². The van der Waals surface area contributed by atoms with Crippen LogP contribution < -0.4 is 10.1 Å². The van der Waals surface area contributed by atoms with Gasteiger partial charge in [-0.25, -0.2) is 14.8 Å². The summed E-state index contributed by atoms with van der Waals surface area (Å²) in [6.45, 7) is 3.24. The summed E-state index contributed by atoms with van der Waals surface area (Å²) < 4.78 is 7.67. The summed E-state index contributed by atoms with van der Waals surface area (Å²) in [6, 6.07) is 15.4. The minimum atomic E-state index is -0.298. The number of fused-ring (bicyclic) bond motifs is 1. The van der Waals surface area contributed by atoms with Crippen LogP contribution in [0.25, 0.3) is 11.0 Å². The van der Waals surface area contributed by atoms with E-state index >= 15 is 0 Å². The van der Waals surface area contributed by atoms with Crippen LogP contribution in [0.2, 0.25) is 0 Å². The Morgan fingerprint density at radius 3 is 2.62 bits per heavy atom. The Morgan fingerprint density at radius 1 is 1.03 bits per heavy atom. The van der Waals surface area contributed by atoms with Crippen LogP contribution in [0.15, 0.2) is 67.3 Å². The Morgan fingerprint density at radius 2 is 1.84 bits per heavy atom. The molecular weight excluding hydrogens is 404 g/mol. The van der Waals surface area contributed by atoms with Crippen LogP contribution in [0, 0.1) is 6.92 Å². The molecule has 0 aliphatic carbocycles. The summed E-state index contributed by atoms with van der Waals surface area (Å²) in [4.78, 5) is 27.6. The number of hydrogen-bond donors (Lipinski definition) is 1. The SMILES string of the molecule is Cc1ncccc1Nc1ncnc2c1ccn2C1CCN(C(=O)Oc2ccccc2)CC1. The van der Waals surface area contributed by atoms with Gasteiger partial charge in [-0.05, 0) is 50.1 Å². The van der Waals surface area contributed by atoms with Gasteiger partial charge in [-0.2, -0.15) is 0 Å². The first-order valence-electron chi connectivity index (χ1n) is 10.7. The van der Waals surface area contributed by atoms with E-state index in [1.807, 2.05) is 43.3 Å². The van der Waals surface area contributed by atoms with Crippen molar-refractivity contribution in [2.75, 3.05) is 18.4 Å². The summed E-state index contributed by atoms with van der Waals surface area (Å²) in [5.74, 6) is 1.32. The Hall–Kier alpha value is -3.94. The van der Waals surface area contributed by atoms with Crippen molar-refractivity contribution < 1.29 is 9.53 Å². The number of carbonyl (C=O) groups excluding carboxylic acids is 1. The third kappa shape index (κ3) is 3.99. The maximum atomic E-state index is 12.5. The lowest BCUT2D eigenvalue weighted by Crippen LogP contribution is -2.40. The first-order chi connectivity index (χ1) is 15.7. The predicted octanol–water partition coefficient (Wildman–Crippen LogP) is 4.71. The number of hydrogen-bond acceptors (Lipinski definition) is 6. The number of para-hydroxylation sites is 1. The lowest BCUT2D eigenvalue weighted by Gasteiger charge is -2.32. The molecule has 1 aliphatic rings. The number of aryl methyl sites for hydroxylation is 1. The van der Waals surface area contributed by atoms with E-state index in [4.69, 9.17) is 4.74 Å². The molecule has 162 valence electrons. The number of nitrogens with one attached hydrogen (secondary N) is 1. The van der Waals surface area contributed by atoms with Gasteiger partial charge in [0.1, 0.15) is 23.5 Å². The second kappa shape index (κ2) is 8.66. The zero-order valence-corrected chi connectivity index (χ0v) is 17.8. The van der Waals surface area contributed by atoms with Gasteiger partial charge in [0, 0.05) is 31.5 Å². The molecule has 0 spiro atoms. The molecule has 1 amide bonds. The molecule has 3 aromatic heterocycles.